The molecule has 2 aromatic carbocycles. The van der Waals surface area contributed by atoms with E-state index in [9.17, 15) is 4.79 Å². The van der Waals surface area contributed by atoms with Crippen LogP contribution in [0.15, 0.2) is 66.9 Å². The molecule has 0 amide bonds. The van der Waals surface area contributed by atoms with Gasteiger partial charge in [0.15, 0.2) is 5.65 Å². The third-order valence-electron chi connectivity index (χ3n) is 4.13. The third-order valence-corrected chi connectivity index (χ3v) is 4.13. The van der Waals surface area contributed by atoms with Crippen molar-refractivity contribution in [2.75, 3.05) is 12.4 Å². The van der Waals surface area contributed by atoms with Crippen molar-refractivity contribution in [3.8, 4) is 16.9 Å². The molecule has 2 aromatic heterocycles. The highest BCUT2D eigenvalue weighted by Gasteiger charge is 2.11. The molecule has 0 aliphatic rings. The summed E-state index contributed by atoms with van der Waals surface area (Å²) in [5.74, 6) is 0.231. The summed E-state index contributed by atoms with van der Waals surface area (Å²) in [6.07, 6.45) is 1.82. The van der Waals surface area contributed by atoms with Gasteiger partial charge in [-0.1, -0.05) is 12.1 Å². The Morgan fingerprint density at radius 3 is 2.67 bits per heavy atom. The molecule has 0 spiro atoms. The van der Waals surface area contributed by atoms with Gasteiger partial charge in [0, 0.05) is 17.4 Å². The smallest absolute Gasteiger partial charge is 0.335 e. The molecule has 0 aliphatic heterocycles. The van der Waals surface area contributed by atoms with Crippen molar-refractivity contribution in [1.82, 2.24) is 14.6 Å². The van der Waals surface area contributed by atoms with Crippen molar-refractivity contribution >= 4 is 23.3 Å². The third kappa shape index (κ3) is 3.30. The zero-order valence-electron chi connectivity index (χ0n) is 14.5. The minimum absolute atomic E-state index is 0.226. The maximum atomic E-state index is 10.9. The Hall–Kier alpha value is -3.87. The first-order chi connectivity index (χ1) is 13.1. The van der Waals surface area contributed by atoms with Crippen LogP contribution in [0.4, 0.5) is 11.6 Å². The average Bonchev–Trinajstić information content (AvgIpc) is 3.10. The molecule has 4 rings (SSSR count). The molecule has 0 fully saturated rings. The van der Waals surface area contributed by atoms with Crippen LogP contribution in [0.3, 0.4) is 0 Å². The van der Waals surface area contributed by atoms with Gasteiger partial charge in [-0.3, -0.25) is 0 Å². The van der Waals surface area contributed by atoms with Gasteiger partial charge in [-0.25, -0.2) is 9.31 Å². The number of rotatable bonds is 5. The predicted octanol–water partition coefficient (Wildman–Crippen LogP) is 3.85. The van der Waals surface area contributed by atoms with Crippen LogP contribution >= 0.6 is 0 Å². The number of pyridine rings is 1. The summed E-state index contributed by atoms with van der Waals surface area (Å²) < 4.78 is 7.00. The van der Waals surface area contributed by atoms with Crippen molar-refractivity contribution in [2.45, 2.75) is 0 Å². The quantitative estimate of drug-likeness (QED) is 0.562. The van der Waals surface area contributed by atoms with Gasteiger partial charge >= 0.3 is 5.97 Å². The zero-order valence-corrected chi connectivity index (χ0v) is 14.5. The van der Waals surface area contributed by atoms with Gasteiger partial charge in [0.1, 0.15) is 5.75 Å². The lowest BCUT2D eigenvalue weighted by molar-refractivity contribution is 0.0697. The molecule has 0 bridgehead atoms. The summed E-state index contributed by atoms with van der Waals surface area (Å²) >= 11 is 0. The van der Waals surface area contributed by atoms with Crippen LogP contribution in [0, 0.1) is 0 Å². The van der Waals surface area contributed by atoms with Gasteiger partial charge in [0.2, 0.25) is 5.95 Å². The molecule has 0 radical (unpaired) electrons. The first kappa shape index (κ1) is 16.6. The molecular formula is C20H16N4O3. The van der Waals surface area contributed by atoms with Gasteiger partial charge < -0.3 is 15.2 Å². The maximum Gasteiger partial charge on any atom is 0.335 e. The largest absolute Gasteiger partial charge is 0.497 e. The molecule has 0 aliphatic carbocycles. The molecule has 2 N–H and O–H groups in total. The van der Waals surface area contributed by atoms with Gasteiger partial charge in [0.05, 0.1) is 12.7 Å². The van der Waals surface area contributed by atoms with E-state index in [0.29, 0.717) is 17.3 Å². The number of benzene rings is 2. The average molecular weight is 360 g/mol. The second-order valence-electron chi connectivity index (χ2n) is 5.86. The molecule has 0 unspecified atom stereocenters. The Morgan fingerprint density at radius 1 is 1.11 bits per heavy atom. The van der Waals surface area contributed by atoms with E-state index in [1.165, 1.54) is 12.1 Å². The number of nitrogens with one attached hydrogen (secondary N) is 1. The molecule has 7 heteroatoms. The van der Waals surface area contributed by atoms with Gasteiger partial charge in [-0.05, 0) is 54.1 Å². The van der Waals surface area contributed by atoms with Crippen LogP contribution in [0.1, 0.15) is 10.4 Å². The van der Waals surface area contributed by atoms with Crippen LogP contribution in [0.5, 0.6) is 5.75 Å². The Morgan fingerprint density at radius 2 is 1.93 bits per heavy atom. The number of carboxylic acids is 1. The van der Waals surface area contributed by atoms with E-state index in [1.807, 2.05) is 42.6 Å². The second kappa shape index (κ2) is 6.80. The van der Waals surface area contributed by atoms with Crippen molar-refractivity contribution in [2.24, 2.45) is 0 Å². The van der Waals surface area contributed by atoms with Crippen LogP contribution < -0.4 is 10.1 Å². The normalized spacial score (nSPS) is 10.7. The first-order valence-corrected chi connectivity index (χ1v) is 8.24. The molecular weight excluding hydrogens is 344 g/mol. The molecule has 7 nitrogen and oxygen atoms in total. The fourth-order valence-corrected chi connectivity index (χ4v) is 2.80. The fourth-order valence-electron chi connectivity index (χ4n) is 2.80. The van der Waals surface area contributed by atoms with Crippen LogP contribution in [-0.2, 0) is 0 Å². The number of methoxy groups -OCH3 is 1. The number of ether oxygens (including phenoxy) is 1. The van der Waals surface area contributed by atoms with Crippen LogP contribution in [0.25, 0.3) is 16.8 Å². The minimum atomic E-state index is -0.963. The van der Waals surface area contributed by atoms with E-state index in [-0.39, 0.29) is 5.56 Å². The predicted molar refractivity (Wildman–Crippen MR) is 102 cm³/mol. The Balaban J connectivity index is 1.69. The lowest BCUT2D eigenvalue weighted by Crippen LogP contribution is -1.97. The summed E-state index contributed by atoms with van der Waals surface area (Å²) in [6, 6.07) is 18.1. The fraction of sp³-hybridized carbons (Fsp3) is 0.0500. The van der Waals surface area contributed by atoms with E-state index in [1.54, 1.807) is 23.8 Å². The van der Waals surface area contributed by atoms with Crippen LogP contribution in [0.2, 0.25) is 0 Å². The molecule has 4 aromatic rings. The lowest BCUT2D eigenvalue weighted by Gasteiger charge is -2.05. The van der Waals surface area contributed by atoms with Gasteiger partial charge in [-0.15, -0.1) is 5.10 Å². The van der Waals surface area contributed by atoms with E-state index in [2.05, 4.69) is 15.4 Å². The minimum Gasteiger partial charge on any atom is -0.497 e. The Bertz CT molecular complexity index is 1120. The zero-order chi connectivity index (χ0) is 18.8. The van der Waals surface area contributed by atoms with E-state index in [4.69, 9.17) is 9.84 Å². The number of aromatic nitrogens is 3. The van der Waals surface area contributed by atoms with Crippen LogP contribution in [-0.4, -0.2) is 32.8 Å². The highest BCUT2D eigenvalue weighted by Crippen LogP contribution is 2.27. The number of fused-ring (bicyclic) bond motifs is 1. The number of carboxylic acid groups (broad SMARTS) is 1. The van der Waals surface area contributed by atoms with Crippen molar-refractivity contribution < 1.29 is 14.6 Å². The summed E-state index contributed by atoms with van der Waals surface area (Å²) in [5, 5.41) is 16.5. The van der Waals surface area contributed by atoms with E-state index < -0.39 is 5.97 Å². The number of carbonyl (C=O) groups is 1. The number of anilines is 2. The topological polar surface area (TPSA) is 88.8 Å². The molecule has 0 saturated carbocycles. The monoisotopic (exact) mass is 360 g/mol. The van der Waals surface area contributed by atoms with Crippen molar-refractivity contribution in [3.05, 3.63) is 72.4 Å². The van der Waals surface area contributed by atoms with Gasteiger partial charge in [-0.2, -0.15) is 4.98 Å². The molecule has 0 saturated heterocycles. The van der Waals surface area contributed by atoms with Crippen molar-refractivity contribution in [1.29, 1.82) is 0 Å². The van der Waals surface area contributed by atoms with Crippen molar-refractivity contribution in [3.63, 3.8) is 0 Å². The maximum absolute atomic E-state index is 10.9. The number of aromatic carboxylic acids is 1. The number of hydrogen-bond donors (Lipinski definition) is 2. The van der Waals surface area contributed by atoms with E-state index in [0.717, 1.165) is 16.9 Å². The standard InChI is InChI=1S/C20H16N4O3/c1-27-16-5-2-4-14(12-16)17-6-3-11-24-18(17)22-20(23-24)21-15-9-7-13(8-10-15)19(25)26/h2-12H,1H3,(H,21,23)(H,25,26). The summed E-state index contributed by atoms with van der Waals surface area (Å²) in [7, 11) is 1.63. The molecule has 0 atom stereocenters. The Kier molecular flexibility index (Phi) is 4.18. The first-order valence-electron chi connectivity index (χ1n) is 8.24. The number of hydrogen-bond acceptors (Lipinski definition) is 5. The lowest BCUT2D eigenvalue weighted by atomic mass is 10.1. The summed E-state index contributed by atoms with van der Waals surface area (Å²) in [4.78, 5) is 15.5. The molecule has 134 valence electrons. The highest BCUT2D eigenvalue weighted by molar-refractivity contribution is 5.88. The summed E-state index contributed by atoms with van der Waals surface area (Å²) in [6.45, 7) is 0. The molecule has 27 heavy (non-hydrogen) atoms. The highest BCUT2D eigenvalue weighted by atomic mass is 16.5. The van der Waals surface area contributed by atoms with Gasteiger partial charge in [0.25, 0.3) is 0 Å². The second-order valence-corrected chi connectivity index (χ2v) is 5.86. The summed E-state index contributed by atoms with van der Waals surface area (Å²) in [5.41, 5.74) is 3.54. The number of nitrogens with zero attached hydrogens (tertiary/aromatic N) is 3. The van der Waals surface area contributed by atoms with E-state index >= 15 is 0 Å². The SMILES string of the molecule is COc1cccc(-c2cccn3nc(Nc4ccc(C(=O)O)cc4)nc23)c1. The molecule has 2 heterocycles. The Labute approximate surface area is 154 Å².